The van der Waals surface area contributed by atoms with Gasteiger partial charge in [-0.1, -0.05) is 44.2 Å². The highest BCUT2D eigenvalue weighted by Gasteiger charge is 2.18. The van der Waals surface area contributed by atoms with E-state index in [1.165, 1.54) is 22.6 Å². The van der Waals surface area contributed by atoms with Crippen molar-refractivity contribution in [2.24, 2.45) is 0 Å². The molecule has 1 amide bonds. The number of amides is 1. The van der Waals surface area contributed by atoms with Crippen molar-refractivity contribution in [3.8, 4) is 5.75 Å². The zero-order valence-corrected chi connectivity index (χ0v) is 16.0. The van der Waals surface area contributed by atoms with Crippen LogP contribution in [0.15, 0.2) is 72.9 Å². The first-order valence-electron chi connectivity index (χ1n) is 9.21. The Morgan fingerprint density at radius 3 is 2.36 bits per heavy atom. The van der Waals surface area contributed by atoms with Crippen molar-refractivity contribution in [1.82, 2.24) is 4.98 Å². The molecule has 0 fully saturated rings. The Bertz CT molecular complexity index is 894. The third-order valence-corrected chi connectivity index (χ3v) is 4.39. The molecule has 1 heterocycles. The minimum absolute atomic E-state index is 0.112. The van der Waals surface area contributed by atoms with Crippen LogP contribution in [-0.2, 0) is 11.3 Å². The SMILES string of the molecule is CC(C)c1ccc(OCC(=O)N(Cc2ccc(F)cc2)c2ccccn2)cc1. The number of carbonyl (C=O) groups is 1. The summed E-state index contributed by atoms with van der Waals surface area (Å²) in [6.45, 7) is 4.42. The molecule has 0 bridgehead atoms. The summed E-state index contributed by atoms with van der Waals surface area (Å²) in [5, 5.41) is 0. The predicted octanol–water partition coefficient (Wildman–Crippen LogP) is 4.96. The number of benzene rings is 2. The number of halogens is 1. The second kappa shape index (κ2) is 9.13. The molecule has 0 aliphatic heterocycles. The number of hydrogen-bond acceptors (Lipinski definition) is 3. The lowest BCUT2D eigenvalue weighted by atomic mass is 10.0. The molecule has 3 aromatic rings. The van der Waals surface area contributed by atoms with Gasteiger partial charge in [0.25, 0.3) is 5.91 Å². The maximum atomic E-state index is 13.2. The van der Waals surface area contributed by atoms with Gasteiger partial charge in [-0.2, -0.15) is 0 Å². The van der Waals surface area contributed by atoms with Crippen molar-refractivity contribution in [3.63, 3.8) is 0 Å². The Labute approximate surface area is 164 Å². The molecular formula is C23H23FN2O2. The van der Waals surface area contributed by atoms with Crippen molar-refractivity contribution < 1.29 is 13.9 Å². The summed E-state index contributed by atoms with van der Waals surface area (Å²) in [7, 11) is 0. The molecule has 28 heavy (non-hydrogen) atoms. The summed E-state index contributed by atoms with van der Waals surface area (Å²) >= 11 is 0. The molecule has 2 aromatic carbocycles. The molecule has 5 heteroatoms. The van der Waals surface area contributed by atoms with Gasteiger partial charge in [0.05, 0.1) is 6.54 Å². The Balaban J connectivity index is 1.72. The lowest BCUT2D eigenvalue weighted by Gasteiger charge is -2.22. The third-order valence-electron chi connectivity index (χ3n) is 4.39. The Kier molecular flexibility index (Phi) is 6.37. The number of hydrogen-bond donors (Lipinski definition) is 0. The van der Waals surface area contributed by atoms with Crippen LogP contribution in [0.3, 0.4) is 0 Å². The molecule has 144 valence electrons. The minimum Gasteiger partial charge on any atom is -0.484 e. The predicted molar refractivity (Wildman–Crippen MR) is 108 cm³/mol. The number of ether oxygens (including phenoxy) is 1. The summed E-state index contributed by atoms with van der Waals surface area (Å²) in [5.74, 6) is 1.06. The summed E-state index contributed by atoms with van der Waals surface area (Å²) in [6, 6.07) is 19.2. The summed E-state index contributed by atoms with van der Waals surface area (Å²) in [4.78, 5) is 18.7. The van der Waals surface area contributed by atoms with Crippen LogP contribution in [0.2, 0.25) is 0 Å². The molecule has 0 saturated heterocycles. The second-order valence-corrected chi connectivity index (χ2v) is 6.81. The molecule has 3 rings (SSSR count). The summed E-state index contributed by atoms with van der Waals surface area (Å²) in [5.41, 5.74) is 2.02. The van der Waals surface area contributed by atoms with E-state index in [9.17, 15) is 9.18 Å². The van der Waals surface area contributed by atoms with Gasteiger partial charge in [-0.25, -0.2) is 9.37 Å². The Hall–Kier alpha value is -3.21. The number of nitrogens with zero attached hydrogens (tertiary/aromatic N) is 2. The first-order valence-corrected chi connectivity index (χ1v) is 9.21. The highest BCUT2D eigenvalue weighted by Crippen LogP contribution is 2.19. The third kappa shape index (κ3) is 5.16. The standard InChI is InChI=1S/C23H23FN2O2/c1-17(2)19-8-12-21(13-9-19)28-16-23(27)26(22-5-3-4-14-25-22)15-18-6-10-20(24)11-7-18/h3-14,17H,15-16H2,1-2H3. The first kappa shape index (κ1) is 19.5. The summed E-state index contributed by atoms with van der Waals surface area (Å²) in [6.07, 6.45) is 1.63. The van der Waals surface area contributed by atoms with Crippen LogP contribution in [-0.4, -0.2) is 17.5 Å². The lowest BCUT2D eigenvalue weighted by Crippen LogP contribution is -2.35. The van der Waals surface area contributed by atoms with Crippen molar-refractivity contribution in [2.75, 3.05) is 11.5 Å². The van der Waals surface area contributed by atoms with Gasteiger partial charge >= 0.3 is 0 Å². The van der Waals surface area contributed by atoms with Gasteiger partial charge in [0.2, 0.25) is 0 Å². The molecule has 0 atom stereocenters. The van der Waals surface area contributed by atoms with E-state index in [0.717, 1.165) is 5.56 Å². The van der Waals surface area contributed by atoms with Crippen LogP contribution >= 0.6 is 0 Å². The van der Waals surface area contributed by atoms with Crippen LogP contribution in [0, 0.1) is 5.82 Å². The maximum Gasteiger partial charge on any atom is 0.266 e. The average Bonchev–Trinajstić information content (AvgIpc) is 2.72. The van der Waals surface area contributed by atoms with Crippen molar-refractivity contribution in [1.29, 1.82) is 0 Å². The van der Waals surface area contributed by atoms with Gasteiger partial charge in [-0.05, 0) is 53.4 Å². The fourth-order valence-corrected chi connectivity index (χ4v) is 2.75. The molecule has 0 N–H and O–H groups in total. The van der Waals surface area contributed by atoms with Crippen molar-refractivity contribution in [3.05, 3.63) is 89.9 Å². The Morgan fingerprint density at radius 1 is 1.04 bits per heavy atom. The molecule has 0 unspecified atom stereocenters. The molecule has 0 spiro atoms. The van der Waals surface area contributed by atoms with Crippen LogP contribution < -0.4 is 9.64 Å². The second-order valence-electron chi connectivity index (χ2n) is 6.81. The molecule has 0 radical (unpaired) electrons. The topological polar surface area (TPSA) is 42.4 Å². The fourth-order valence-electron chi connectivity index (χ4n) is 2.75. The van der Waals surface area contributed by atoms with Gasteiger partial charge < -0.3 is 4.74 Å². The smallest absolute Gasteiger partial charge is 0.266 e. The Morgan fingerprint density at radius 2 is 1.75 bits per heavy atom. The maximum absolute atomic E-state index is 13.2. The van der Waals surface area contributed by atoms with Gasteiger partial charge in [0.1, 0.15) is 17.4 Å². The van der Waals surface area contributed by atoms with E-state index in [1.807, 2.05) is 30.3 Å². The monoisotopic (exact) mass is 378 g/mol. The molecule has 0 aliphatic carbocycles. The highest BCUT2D eigenvalue weighted by atomic mass is 19.1. The van der Waals surface area contributed by atoms with E-state index < -0.39 is 0 Å². The van der Waals surface area contributed by atoms with Crippen LogP contribution in [0.25, 0.3) is 0 Å². The quantitative estimate of drug-likeness (QED) is 0.584. The lowest BCUT2D eigenvalue weighted by molar-refractivity contribution is -0.120. The van der Waals surface area contributed by atoms with E-state index in [2.05, 4.69) is 18.8 Å². The molecule has 1 aromatic heterocycles. The van der Waals surface area contributed by atoms with Gasteiger partial charge in [-0.3, -0.25) is 9.69 Å². The van der Waals surface area contributed by atoms with E-state index in [1.54, 1.807) is 30.5 Å². The van der Waals surface area contributed by atoms with Gasteiger partial charge in [0.15, 0.2) is 6.61 Å². The molecular weight excluding hydrogens is 355 g/mol. The first-order chi connectivity index (χ1) is 13.5. The number of pyridine rings is 1. The van der Waals surface area contributed by atoms with E-state index in [4.69, 9.17) is 4.74 Å². The van der Waals surface area contributed by atoms with Crippen LogP contribution in [0.1, 0.15) is 30.9 Å². The highest BCUT2D eigenvalue weighted by molar-refractivity contribution is 5.93. The number of anilines is 1. The normalized spacial score (nSPS) is 10.7. The zero-order valence-electron chi connectivity index (χ0n) is 16.0. The van der Waals surface area contributed by atoms with E-state index in [0.29, 0.717) is 17.5 Å². The minimum atomic E-state index is -0.312. The number of carbonyl (C=O) groups excluding carboxylic acids is 1. The summed E-state index contributed by atoms with van der Waals surface area (Å²) < 4.78 is 18.9. The average molecular weight is 378 g/mol. The zero-order chi connectivity index (χ0) is 19.9. The van der Waals surface area contributed by atoms with E-state index in [-0.39, 0.29) is 24.9 Å². The number of rotatable bonds is 7. The largest absolute Gasteiger partial charge is 0.484 e. The molecule has 0 saturated carbocycles. The molecule has 4 nitrogen and oxygen atoms in total. The van der Waals surface area contributed by atoms with Crippen LogP contribution in [0.4, 0.5) is 10.2 Å². The van der Waals surface area contributed by atoms with E-state index >= 15 is 0 Å². The van der Waals surface area contributed by atoms with Crippen molar-refractivity contribution >= 4 is 11.7 Å². The molecule has 0 aliphatic rings. The van der Waals surface area contributed by atoms with Crippen molar-refractivity contribution in [2.45, 2.75) is 26.3 Å². The fraction of sp³-hybridized carbons (Fsp3) is 0.217. The van der Waals surface area contributed by atoms with Crippen LogP contribution in [0.5, 0.6) is 5.75 Å². The van der Waals surface area contributed by atoms with Gasteiger partial charge in [0, 0.05) is 6.20 Å². The number of aromatic nitrogens is 1. The van der Waals surface area contributed by atoms with Gasteiger partial charge in [-0.15, -0.1) is 0 Å².